The molecule has 4 aromatic rings. The van der Waals surface area contributed by atoms with Crippen LogP contribution in [0.4, 0.5) is 10.1 Å². The van der Waals surface area contributed by atoms with Gasteiger partial charge in [-0.2, -0.15) is 5.10 Å². The fourth-order valence-electron chi connectivity index (χ4n) is 3.14. The molecule has 4 rings (SSSR count). The van der Waals surface area contributed by atoms with Crippen molar-refractivity contribution < 1.29 is 27.9 Å². The van der Waals surface area contributed by atoms with Crippen LogP contribution in [0.3, 0.4) is 0 Å². The van der Waals surface area contributed by atoms with E-state index in [-0.39, 0.29) is 12.4 Å². The van der Waals surface area contributed by atoms with E-state index in [1.807, 2.05) is 12.1 Å². The van der Waals surface area contributed by atoms with Crippen LogP contribution in [-0.2, 0) is 4.79 Å². The highest BCUT2D eigenvalue weighted by molar-refractivity contribution is 9.10. The summed E-state index contributed by atoms with van der Waals surface area (Å²) in [5.74, 6) is -0.541. The Morgan fingerprint density at radius 3 is 2.58 bits per heavy atom. The van der Waals surface area contributed by atoms with Gasteiger partial charge in [-0.25, -0.2) is 9.82 Å². The standard InChI is InChI=1S/C25H18Br2FN3O5/c1-34-21-10-15(12-29-31-25(33)23-9-14-8-16(26)2-7-20(14)36-23)19(27)11-22(21)35-13-24(32)30-18-5-3-17(28)4-6-18/h2-12H,13H2,1H3,(H,30,32)(H,31,33)/b29-12+. The molecule has 184 valence electrons. The van der Waals surface area contributed by atoms with E-state index in [0.717, 1.165) is 9.86 Å². The summed E-state index contributed by atoms with van der Waals surface area (Å²) in [6.07, 6.45) is 1.43. The zero-order valence-corrected chi connectivity index (χ0v) is 21.9. The lowest BCUT2D eigenvalue weighted by Gasteiger charge is -2.13. The molecule has 1 aromatic heterocycles. The van der Waals surface area contributed by atoms with Crippen LogP contribution in [0, 0.1) is 5.82 Å². The van der Waals surface area contributed by atoms with Crippen LogP contribution in [0.5, 0.6) is 11.5 Å². The number of benzene rings is 3. The van der Waals surface area contributed by atoms with E-state index in [1.165, 1.54) is 37.6 Å². The molecule has 0 spiro atoms. The Labute approximate surface area is 221 Å². The van der Waals surface area contributed by atoms with Crippen molar-refractivity contribution in [2.45, 2.75) is 0 Å². The third kappa shape index (κ3) is 6.29. The number of ether oxygens (including phenoxy) is 2. The van der Waals surface area contributed by atoms with Gasteiger partial charge in [-0.15, -0.1) is 0 Å². The van der Waals surface area contributed by atoms with Gasteiger partial charge in [-0.3, -0.25) is 9.59 Å². The van der Waals surface area contributed by atoms with Crippen LogP contribution in [0.2, 0.25) is 0 Å². The SMILES string of the molecule is COc1cc(/C=N/NC(=O)c2cc3cc(Br)ccc3o2)c(Br)cc1OCC(=O)Nc1ccc(F)cc1. The minimum atomic E-state index is -0.506. The highest BCUT2D eigenvalue weighted by Crippen LogP contribution is 2.33. The van der Waals surface area contributed by atoms with Crippen molar-refractivity contribution in [2.75, 3.05) is 19.0 Å². The maximum absolute atomic E-state index is 13.0. The molecule has 0 saturated carbocycles. The van der Waals surface area contributed by atoms with Crippen LogP contribution >= 0.6 is 31.9 Å². The number of fused-ring (bicyclic) bond motifs is 1. The molecule has 1 heterocycles. The number of nitrogens with zero attached hydrogens (tertiary/aromatic N) is 1. The third-order valence-electron chi connectivity index (χ3n) is 4.84. The summed E-state index contributed by atoms with van der Waals surface area (Å²) in [6, 6.07) is 15.7. The smallest absolute Gasteiger partial charge is 0.307 e. The molecule has 0 radical (unpaired) electrons. The van der Waals surface area contributed by atoms with E-state index in [4.69, 9.17) is 13.9 Å². The molecule has 3 aromatic carbocycles. The molecule has 0 aliphatic rings. The van der Waals surface area contributed by atoms with Gasteiger partial charge in [0.15, 0.2) is 23.9 Å². The molecule has 0 atom stereocenters. The second kappa shape index (κ2) is 11.4. The lowest BCUT2D eigenvalue weighted by molar-refractivity contribution is -0.118. The molecule has 11 heteroatoms. The number of anilines is 1. The average Bonchev–Trinajstić information content (AvgIpc) is 3.28. The zero-order chi connectivity index (χ0) is 25.7. The van der Waals surface area contributed by atoms with Gasteiger partial charge in [-0.1, -0.05) is 15.9 Å². The van der Waals surface area contributed by atoms with Crippen LogP contribution in [0.1, 0.15) is 16.1 Å². The number of amides is 2. The Morgan fingerprint density at radius 1 is 1.06 bits per heavy atom. The molecule has 2 N–H and O–H groups in total. The third-order valence-corrected chi connectivity index (χ3v) is 6.02. The summed E-state index contributed by atoms with van der Waals surface area (Å²) in [7, 11) is 1.46. The van der Waals surface area contributed by atoms with Crippen LogP contribution in [0.15, 0.2) is 79.1 Å². The van der Waals surface area contributed by atoms with E-state index in [0.29, 0.717) is 32.8 Å². The Kier molecular flexibility index (Phi) is 8.01. The summed E-state index contributed by atoms with van der Waals surface area (Å²) in [4.78, 5) is 24.6. The molecule has 8 nitrogen and oxygen atoms in total. The fraction of sp³-hybridized carbons (Fsp3) is 0.0800. The maximum Gasteiger partial charge on any atom is 0.307 e. The van der Waals surface area contributed by atoms with E-state index in [2.05, 4.69) is 47.7 Å². The number of nitrogens with one attached hydrogen (secondary N) is 2. The Hall–Kier alpha value is -3.70. The number of rotatable bonds is 8. The average molecular weight is 619 g/mol. The lowest BCUT2D eigenvalue weighted by Crippen LogP contribution is -2.20. The molecule has 0 fully saturated rings. The monoisotopic (exact) mass is 617 g/mol. The number of hydrogen-bond donors (Lipinski definition) is 2. The first-order valence-electron chi connectivity index (χ1n) is 10.4. The van der Waals surface area contributed by atoms with Gasteiger partial charge in [0.2, 0.25) is 0 Å². The van der Waals surface area contributed by atoms with Gasteiger partial charge in [0.1, 0.15) is 11.4 Å². The summed E-state index contributed by atoms with van der Waals surface area (Å²) < 4.78 is 31.0. The molecule has 36 heavy (non-hydrogen) atoms. The van der Waals surface area contributed by atoms with Gasteiger partial charge in [0.25, 0.3) is 5.91 Å². The maximum atomic E-state index is 13.0. The van der Waals surface area contributed by atoms with Gasteiger partial charge in [0.05, 0.1) is 13.3 Å². The van der Waals surface area contributed by atoms with Crippen molar-refractivity contribution in [1.82, 2.24) is 5.43 Å². The lowest BCUT2D eigenvalue weighted by atomic mass is 10.2. The van der Waals surface area contributed by atoms with Crippen LogP contribution in [-0.4, -0.2) is 31.7 Å². The van der Waals surface area contributed by atoms with Crippen LogP contribution in [0.25, 0.3) is 11.0 Å². The molecule has 0 bridgehead atoms. The first-order chi connectivity index (χ1) is 17.3. The quantitative estimate of drug-likeness (QED) is 0.189. The summed E-state index contributed by atoms with van der Waals surface area (Å²) in [5.41, 5.74) is 4.04. The minimum absolute atomic E-state index is 0.125. The van der Waals surface area contributed by atoms with Crippen molar-refractivity contribution in [3.63, 3.8) is 0 Å². The second-order valence-corrected chi connectivity index (χ2v) is 9.13. The van der Waals surface area contributed by atoms with E-state index in [1.54, 1.807) is 24.3 Å². The number of carbonyl (C=O) groups is 2. The number of carbonyl (C=O) groups excluding carboxylic acids is 2. The molecule has 0 saturated heterocycles. The van der Waals surface area contributed by atoms with Gasteiger partial charge < -0.3 is 19.2 Å². The summed E-state index contributed by atoms with van der Waals surface area (Å²) in [5, 5.41) is 7.38. The van der Waals surface area contributed by atoms with E-state index < -0.39 is 17.6 Å². The first kappa shape index (κ1) is 25.4. The number of hydrogen-bond acceptors (Lipinski definition) is 6. The van der Waals surface area contributed by atoms with Gasteiger partial charge in [-0.05, 0) is 76.6 Å². The van der Waals surface area contributed by atoms with Crippen LogP contribution < -0.4 is 20.2 Å². The molecule has 0 aliphatic carbocycles. The highest BCUT2D eigenvalue weighted by Gasteiger charge is 2.14. The van der Waals surface area contributed by atoms with Crippen molar-refractivity contribution in [3.05, 3.63) is 86.8 Å². The fourth-order valence-corrected chi connectivity index (χ4v) is 3.94. The topological polar surface area (TPSA) is 102 Å². The van der Waals surface area contributed by atoms with E-state index in [9.17, 15) is 14.0 Å². The largest absolute Gasteiger partial charge is 0.493 e. The van der Waals surface area contributed by atoms with Gasteiger partial charge >= 0.3 is 5.91 Å². The van der Waals surface area contributed by atoms with E-state index >= 15 is 0 Å². The molecular weight excluding hydrogens is 601 g/mol. The number of hydrazone groups is 1. The summed E-state index contributed by atoms with van der Waals surface area (Å²) in [6.45, 7) is -0.294. The van der Waals surface area contributed by atoms with Crippen molar-refractivity contribution in [3.8, 4) is 11.5 Å². The predicted octanol–water partition coefficient (Wildman–Crippen LogP) is 5.89. The molecular formula is C25H18Br2FN3O5. The molecule has 0 unspecified atom stereocenters. The van der Waals surface area contributed by atoms with Crippen molar-refractivity contribution in [1.29, 1.82) is 0 Å². The molecule has 0 aliphatic heterocycles. The Morgan fingerprint density at radius 2 is 1.83 bits per heavy atom. The Balaban J connectivity index is 1.38. The minimum Gasteiger partial charge on any atom is -0.493 e. The second-order valence-electron chi connectivity index (χ2n) is 7.36. The van der Waals surface area contributed by atoms with Gasteiger partial charge in [0, 0.05) is 25.6 Å². The number of halogens is 3. The van der Waals surface area contributed by atoms with Crippen molar-refractivity contribution >= 4 is 66.5 Å². The molecule has 2 amide bonds. The van der Waals surface area contributed by atoms with Crippen molar-refractivity contribution in [2.24, 2.45) is 5.10 Å². The zero-order valence-electron chi connectivity index (χ0n) is 18.7. The first-order valence-corrected chi connectivity index (χ1v) is 12.0. The predicted molar refractivity (Wildman–Crippen MR) is 140 cm³/mol. The normalized spacial score (nSPS) is 11.0. The Bertz CT molecular complexity index is 1450. The summed E-state index contributed by atoms with van der Waals surface area (Å²) >= 11 is 6.80. The number of furan rings is 1. The number of methoxy groups -OCH3 is 1. The highest BCUT2D eigenvalue weighted by atomic mass is 79.9.